The van der Waals surface area contributed by atoms with Gasteiger partial charge in [-0.25, -0.2) is 0 Å². The molecular formula is C23H23NO4. The molecule has 0 aromatic heterocycles. The van der Waals surface area contributed by atoms with Gasteiger partial charge in [0.15, 0.2) is 0 Å². The van der Waals surface area contributed by atoms with Gasteiger partial charge in [0, 0.05) is 6.61 Å². The Balaban J connectivity index is 1.64. The lowest BCUT2D eigenvalue weighted by Gasteiger charge is -2.16. The molecule has 1 saturated heterocycles. The second-order valence-electron chi connectivity index (χ2n) is 6.80. The number of anilines is 1. The van der Waals surface area contributed by atoms with Crippen LogP contribution in [-0.4, -0.2) is 32.3 Å². The summed E-state index contributed by atoms with van der Waals surface area (Å²) in [5, 5.41) is 4.95. The first kappa shape index (κ1) is 18.3. The molecule has 1 amide bonds. The Morgan fingerprint density at radius 3 is 2.57 bits per heavy atom. The lowest BCUT2D eigenvalue weighted by Crippen LogP contribution is -2.19. The number of hydrogen-bond donors (Lipinski definition) is 1. The highest BCUT2D eigenvalue weighted by Crippen LogP contribution is 2.29. The summed E-state index contributed by atoms with van der Waals surface area (Å²) in [6.45, 7) is 1.21. The van der Waals surface area contributed by atoms with Crippen LogP contribution < -0.4 is 14.8 Å². The lowest BCUT2D eigenvalue weighted by atomic mass is 10.0. The van der Waals surface area contributed by atoms with Gasteiger partial charge in [0.25, 0.3) is 5.91 Å². The number of methoxy groups -OCH3 is 1. The van der Waals surface area contributed by atoms with Gasteiger partial charge in [-0.15, -0.1) is 0 Å². The molecule has 0 saturated carbocycles. The standard InChI is InChI=1S/C23H23NO4/c1-26-21-11-5-4-10-20(21)24-23(25)19-13-16-7-2-3-8-17(16)14-22(19)28-15-18-9-6-12-27-18/h2-5,7-8,10-11,13-14,18H,6,9,12,15H2,1H3,(H,24,25)/t18-/m0/s1. The molecule has 1 N–H and O–H groups in total. The minimum atomic E-state index is -0.238. The van der Waals surface area contributed by atoms with Gasteiger partial charge in [0.2, 0.25) is 0 Å². The molecule has 28 heavy (non-hydrogen) atoms. The van der Waals surface area contributed by atoms with Crippen LogP contribution in [-0.2, 0) is 4.74 Å². The zero-order valence-electron chi connectivity index (χ0n) is 15.8. The number of carbonyl (C=O) groups excluding carboxylic acids is 1. The van der Waals surface area contributed by atoms with Gasteiger partial charge in [-0.3, -0.25) is 4.79 Å². The molecule has 1 heterocycles. The van der Waals surface area contributed by atoms with E-state index in [2.05, 4.69) is 5.32 Å². The molecule has 0 bridgehead atoms. The maximum atomic E-state index is 13.1. The van der Waals surface area contributed by atoms with Gasteiger partial charge in [-0.05, 0) is 47.9 Å². The Morgan fingerprint density at radius 2 is 1.82 bits per heavy atom. The van der Waals surface area contributed by atoms with Crippen LogP contribution in [0.3, 0.4) is 0 Å². The topological polar surface area (TPSA) is 56.8 Å². The van der Waals surface area contributed by atoms with Crippen molar-refractivity contribution in [3.8, 4) is 11.5 Å². The quantitative estimate of drug-likeness (QED) is 0.679. The zero-order chi connectivity index (χ0) is 19.3. The van der Waals surface area contributed by atoms with Gasteiger partial charge in [-0.2, -0.15) is 0 Å². The molecule has 4 rings (SSSR count). The number of hydrogen-bond acceptors (Lipinski definition) is 4. The monoisotopic (exact) mass is 377 g/mol. The van der Waals surface area contributed by atoms with Crippen molar-refractivity contribution in [2.45, 2.75) is 18.9 Å². The van der Waals surface area contributed by atoms with Crippen molar-refractivity contribution >= 4 is 22.4 Å². The third-order valence-electron chi connectivity index (χ3n) is 4.90. The molecule has 3 aromatic rings. The third kappa shape index (κ3) is 3.94. The van der Waals surface area contributed by atoms with Gasteiger partial charge in [0.05, 0.1) is 24.5 Å². The fourth-order valence-electron chi connectivity index (χ4n) is 3.41. The molecule has 0 unspecified atom stereocenters. The highest BCUT2D eigenvalue weighted by atomic mass is 16.5. The molecule has 0 radical (unpaired) electrons. The van der Waals surface area contributed by atoms with Crippen molar-refractivity contribution in [1.82, 2.24) is 0 Å². The fourth-order valence-corrected chi connectivity index (χ4v) is 3.41. The van der Waals surface area contributed by atoms with E-state index in [1.807, 2.05) is 60.7 Å². The van der Waals surface area contributed by atoms with Gasteiger partial charge >= 0.3 is 0 Å². The zero-order valence-corrected chi connectivity index (χ0v) is 15.8. The fraction of sp³-hybridized carbons (Fsp3) is 0.261. The number of nitrogens with one attached hydrogen (secondary N) is 1. The number of rotatable bonds is 6. The first-order valence-electron chi connectivity index (χ1n) is 9.46. The molecule has 1 fully saturated rings. The van der Waals surface area contributed by atoms with E-state index in [-0.39, 0.29) is 12.0 Å². The molecule has 144 valence electrons. The molecule has 0 aliphatic carbocycles. The maximum absolute atomic E-state index is 13.1. The average Bonchev–Trinajstić information content (AvgIpc) is 3.25. The first-order chi connectivity index (χ1) is 13.7. The van der Waals surface area contributed by atoms with Gasteiger partial charge < -0.3 is 19.5 Å². The van der Waals surface area contributed by atoms with E-state index >= 15 is 0 Å². The molecule has 1 aliphatic rings. The highest BCUT2D eigenvalue weighted by Gasteiger charge is 2.20. The smallest absolute Gasteiger partial charge is 0.259 e. The van der Waals surface area contributed by atoms with E-state index in [0.29, 0.717) is 29.4 Å². The molecule has 5 nitrogen and oxygen atoms in total. The van der Waals surface area contributed by atoms with Crippen molar-refractivity contribution in [2.75, 3.05) is 25.6 Å². The summed E-state index contributed by atoms with van der Waals surface area (Å²) in [6.07, 6.45) is 2.11. The minimum absolute atomic E-state index is 0.0802. The van der Waals surface area contributed by atoms with Gasteiger partial charge in [-0.1, -0.05) is 36.4 Å². The predicted molar refractivity (Wildman–Crippen MR) is 109 cm³/mol. The van der Waals surface area contributed by atoms with Crippen LogP contribution in [0.4, 0.5) is 5.69 Å². The average molecular weight is 377 g/mol. The maximum Gasteiger partial charge on any atom is 0.259 e. The predicted octanol–water partition coefficient (Wildman–Crippen LogP) is 4.66. The van der Waals surface area contributed by atoms with Crippen molar-refractivity contribution < 1.29 is 19.0 Å². The number of benzene rings is 3. The van der Waals surface area contributed by atoms with E-state index in [4.69, 9.17) is 14.2 Å². The summed E-state index contributed by atoms with van der Waals surface area (Å²) in [6, 6.07) is 19.0. The Kier molecular flexibility index (Phi) is 5.44. The van der Waals surface area contributed by atoms with Crippen molar-refractivity contribution in [1.29, 1.82) is 0 Å². The normalized spacial score (nSPS) is 16.1. The number of amides is 1. The van der Waals surface area contributed by atoms with Crippen molar-refractivity contribution in [2.24, 2.45) is 0 Å². The van der Waals surface area contributed by atoms with Crippen molar-refractivity contribution in [3.05, 3.63) is 66.2 Å². The largest absolute Gasteiger partial charge is 0.495 e. The molecular weight excluding hydrogens is 354 g/mol. The van der Waals surface area contributed by atoms with Crippen LogP contribution in [0.2, 0.25) is 0 Å². The van der Waals surface area contributed by atoms with E-state index in [0.717, 1.165) is 30.2 Å². The second kappa shape index (κ2) is 8.31. The van der Waals surface area contributed by atoms with Crippen LogP contribution in [0.5, 0.6) is 11.5 Å². The van der Waals surface area contributed by atoms with Crippen LogP contribution >= 0.6 is 0 Å². The summed E-state index contributed by atoms with van der Waals surface area (Å²) in [5.74, 6) is 0.928. The lowest BCUT2D eigenvalue weighted by molar-refractivity contribution is 0.0673. The molecule has 1 atom stereocenters. The minimum Gasteiger partial charge on any atom is -0.495 e. The Bertz CT molecular complexity index is 979. The van der Waals surface area contributed by atoms with E-state index in [1.165, 1.54) is 0 Å². The van der Waals surface area contributed by atoms with Crippen LogP contribution in [0.1, 0.15) is 23.2 Å². The second-order valence-corrected chi connectivity index (χ2v) is 6.80. The summed E-state index contributed by atoms with van der Waals surface area (Å²) >= 11 is 0. The highest BCUT2D eigenvalue weighted by molar-refractivity contribution is 6.09. The van der Waals surface area contributed by atoms with Crippen LogP contribution in [0, 0.1) is 0 Å². The first-order valence-corrected chi connectivity index (χ1v) is 9.46. The third-order valence-corrected chi connectivity index (χ3v) is 4.90. The van der Waals surface area contributed by atoms with Crippen LogP contribution in [0.15, 0.2) is 60.7 Å². The Labute approximate surface area is 164 Å². The Morgan fingerprint density at radius 1 is 1.07 bits per heavy atom. The van der Waals surface area contributed by atoms with Gasteiger partial charge in [0.1, 0.15) is 18.1 Å². The number of ether oxygens (including phenoxy) is 3. The summed E-state index contributed by atoms with van der Waals surface area (Å²) in [7, 11) is 1.58. The summed E-state index contributed by atoms with van der Waals surface area (Å²) < 4.78 is 17.0. The molecule has 5 heteroatoms. The van der Waals surface area contributed by atoms with E-state index in [9.17, 15) is 4.79 Å². The van der Waals surface area contributed by atoms with E-state index < -0.39 is 0 Å². The number of para-hydroxylation sites is 2. The SMILES string of the molecule is COc1ccccc1NC(=O)c1cc2ccccc2cc1OC[C@@H]1CCCO1. The van der Waals surface area contributed by atoms with E-state index in [1.54, 1.807) is 7.11 Å². The number of fused-ring (bicyclic) bond motifs is 1. The molecule has 3 aromatic carbocycles. The molecule has 1 aliphatic heterocycles. The Hall–Kier alpha value is -3.05. The van der Waals surface area contributed by atoms with Crippen LogP contribution in [0.25, 0.3) is 10.8 Å². The summed E-state index contributed by atoms with van der Waals surface area (Å²) in [4.78, 5) is 13.1. The molecule has 0 spiro atoms. The van der Waals surface area contributed by atoms with Crippen molar-refractivity contribution in [3.63, 3.8) is 0 Å². The summed E-state index contributed by atoms with van der Waals surface area (Å²) in [5.41, 5.74) is 1.11. The number of carbonyl (C=O) groups is 1.